The van der Waals surface area contributed by atoms with Gasteiger partial charge in [-0.05, 0) is 80.1 Å². The molecule has 0 bridgehead atoms. The van der Waals surface area contributed by atoms with Crippen LogP contribution in [0, 0.1) is 6.92 Å². The number of carbonyl (C=O) groups is 3. The number of rotatable bonds is 18. The van der Waals surface area contributed by atoms with Gasteiger partial charge in [0.05, 0.1) is 31.4 Å². The molecule has 46 heavy (non-hydrogen) atoms. The van der Waals surface area contributed by atoms with E-state index in [1.54, 1.807) is 0 Å². The molecular weight excluding hydrogens is 585 g/mol. The van der Waals surface area contributed by atoms with Gasteiger partial charge < -0.3 is 35.1 Å². The van der Waals surface area contributed by atoms with E-state index >= 15 is 0 Å². The maximum Gasteiger partial charge on any atom is 0.475 e. The average Bonchev–Trinajstić information content (AvgIpc) is 3.56. The number of carbonyl (C=O) groups excluding carboxylic acids is 3. The van der Waals surface area contributed by atoms with E-state index in [9.17, 15) is 24.4 Å². The van der Waals surface area contributed by atoms with E-state index in [-0.39, 0.29) is 30.9 Å². The van der Waals surface area contributed by atoms with Gasteiger partial charge in [-0.3, -0.25) is 14.4 Å². The van der Waals surface area contributed by atoms with Crippen LogP contribution in [0.15, 0.2) is 91.0 Å². The molecule has 0 fully saturated rings. The highest BCUT2D eigenvalue weighted by atomic mass is 16.5. The Labute approximate surface area is 269 Å². The summed E-state index contributed by atoms with van der Waals surface area (Å²) in [5.74, 6) is -0.591. The van der Waals surface area contributed by atoms with Crippen molar-refractivity contribution in [1.82, 2.24) is 15.6 Å². The zero-order chi connectivity index (χ0) is 32.7. The summed E-state index contributed by atoms with van der Waals surface area (Å²) in [6.07, 6.45) is 2.74. The van der Waals surface area contributed by atoms with Gasteiger partial charge in [0.2, 0.25) is 5.91 Å². The molecular formula is C35H40BN3O7. The van der Waals surface area contributed by atoms with E-state index in [1.165, 1.54) is 17.7 Å². The Balaban J connectivity index is 1.12. The van der Waals surface area contributed by atoms with Crippen molar-refractivity contribution in [1.29, 1.82) is 0 Å². The third-order valence-corrected chi connectivity index (χ3v) is 7.31. The summed E-state index contributed by atoms with van der Waals surface area (Å²) in [6.45, 7) is 2.89. The van der Waals surface area contributed by atoms with Crippen LogP contribution in [-0.2, 0) is 17.6 Å². The minimum atomic E-state index is -1.77. The van der Waals surface area contributed by atoms with Gasteiger partial charge in [0.15, 0.2) is 5.78 Å². The van der Waals surface area contributed by atoms with Crippen LogP contribution in [0.2, 0.25) is 0 Å². The smallest absolute Gasteiger partial charge is 0.475 e. The molecule has 0 aliphatic rings. The minimum Gasteiger partial charge on any atom is -0.494 e. The quantitative estimate of drug-likeness (QED) is 0.0641. The van der Waals surface area contributed by atoms with E-state index < -0.39 is 24.9 Å². The Hall–Kier alpha value is -4.87. The summed E-state index contributed by atoms with van der Waals surface area (Å²) in [7, 11) is -1.77. The molecule has 1 aromatic heterocycles. The molecule has 10 nitrogen and oxygen atoms in total. The predicted molar refractivity (Wildman–Crippen MR) is 176 cm³/mol. The van der Waals surface area contributed by atoms with Crippen LogP contribution in [0.25, 0.3) is 0 Å². The second kappa shape index (κ2) is 17.6. The Morgan fingerprint density at radius 3 is 2.02 bits per heavy atom. The van der Waals surface area contributed by atoms with Crippen LogP contribution in [0.4, 0.5) is 0 Å². The first-order valence-corrected chi connectivity index (χ1v) is 15.4. The number of ketones is 1. The van der Waals surface area contributed by atoms with Crippen molar-refractivity contribution in [3.8, 4) is 11.5 Å². The fourth-order valence-electron chi connectivity index (χ4n) is 4.67. The summed E-state index contributed by atoms with van der Waals surface area (Å²) < 4.78 is 11.6. The predicted octanol–water partition coefficient (Wildman–Crippen LogP) is 3.85. The Kier molecular flexibility index (Phi) is 13.0. The minimum absolute atomic E-state index is 0.141. The SMILES string of the molecule is Cc1ccc(OCCCCOc2ccc(CCC(=O)c3ccc(C(=O)NCC(=O)NC(Cc4ccccc4)B(O)O)[nH]3)cc2)cc1. The van der Waals surface area contributed by atoms with Gasteiger partial charge in [-0.1, -0.05) is 60.2 Å². The van der Waals surface area contributed by atoms with Crippen molar-refractivity contribution in [2.45, 2.75) is 45.0 Å². The van der Waals surface area contributed by atoms with Gasteiger partial charge in [0.25, 0.3) is 5.91 Å². The van der Waals surface area contributed by atoms with Gasteiger partial charge in [0.1, 0.15) is 17.2 Å². The number of Topliss-reactive ketones (excluding diaryl/α,β-unsaturated/α-hetero) is 1. The molecule has 0 aliphatic heterocycles. The van der Waals surface area contributed by atoms with E-state index in [2.05, 4.69) is 15.6 Å². The molecule has 3 aromatic carbocycles. The molecule has 11 heteroatoms. The molecule has 0 spiro atoms. The molecule has 2 amide bonds. The van der Waals surface area contributed by atoms with Crippen molar-refractivity contribution >= 4 is 24.7 Å². The zero-order valence-corrected chi connectivity index (χ0v) is 25.9. The Bertz CT molecular complexity index is 1540. The van der Waals surface area contributed by atoms with Crippen LogP contribution >= 0.6 is 0 Å². The van der Waals surface area contributed by atoms with E-state index in [0.717, 1.165) is 35.5 Å². The van der Waals surface area contributed by atoms with Crippen molar-refractivity contribution in [3.05, 3.63) is 119 Å². The lowest BCUT2D eigenvalue weighted by atomic mass is 9.76. The number of H-pyrrole nitrogens is 1. The van der Waals surface area contributed by atoms with Crippen LogP contribution in [0.5, 0.6) is 11.5 Å². The highest BCUT2D eigenvalue weighted by molar-refractivity contribution is 6.43. The number of amides is 2. The first-order valence-electron chi connectivity index (χ1n) is 15.4. The number of aromatic amines is 1. The monoisotopic (exact) mass is 625 g/mol. The van der Waals surface area contributed by atoms with E-state index in [4.69, 9.17) is 9.47 Å². The summed E-state index contributed by atoms with van der Waals surface area (Å²) in [4.78, 5) is 40.5. The topological polar surface area (TPSA) is 150 Å². The summed E-state index contributed by atoms with van der Waals surface area (Å²) >= 11 is 0. The molecule has 0 radical (unpaired) electrons. The third-order valence-electron chi connectivity index (χ3n) is 7.31. The molecule has 1 atom stereocenters. The van der Waals surface area contributed by atoms with Crippen molar-refractivity contribution in [2.24, 2.45) is 0 Å². The maximum atomic E-state index is 12.7. The standard InChI is InChI=1S/C35H40BN3O7/c1-25-9-14-28(15-10-25)45-21-5-6-22-46-29-16-11-26(12-17-29)13-20-32(40)30-18-19-31(38-30)35(42)37-24-34(41)39-33(36(43)44)23-27-7-3-2-4-8-27/h2-4,7-12,14-19,33,38,43-44H,5-6,13,20-24H2,1H3,(H,37,42)(H,39,41). The lowest BCUT2D eigenvalue weighted by molar-refractivity contribution is -0.120. The Morgan fingerprint density at radius 2 is 1.39 bits per heavy atom. The normalized spacial score (nSPS) is 11.4. The number of hydrogen-bond donors (Lipinski definition) is 5. The van der Waals surface area contributed by atoms with Crippen LogP contribution in [0.1, 0.15) is 56.9 Å². The number of nitrogens with one attached hydrogen (secondary N) is 3. The molecule has 0 aliphatic carbocycles. The van der Waals surface area contributed by atoms with Crippen molar-refractivity contribution < 1.29 is 33.9 Å². The van der Waals surface area contributed by atoms with E-state index in [0.29, 0.717) is 25.3 Å². The van der Waals surface area contributed by atoms with Gasteiger partial charge in [-0.25, -0.2) is 0 Å². The molecule has 1 heterocycles. The van der Waals surface area contributed by atoms with Gasteiger partial charge in [-0.2, -0.15) is 0 Å². The molecule has 0 saturated carbocycles. The fraction of sp³-hybridized carbons (Fsp3) is 0.286. The molecule has 1 unspecified atom stereocenters. The first-order chi connectivity index (χ1) is 22.3. The highest BCUT2D eigenvalue weighted by Gasteiger charge is 2.25. The number of hydrogen-bond acceptors (Lipinski definition) is 7. The van der Waals surface area contributed by atoms with Gasteiger partial charge in [0, 0.05) is 6.42 Å². The summed E-state index contributed by atoms with van der Waals surface area (Å²) in [5.41, 5.74) is 3.45. The van der Waals surface area contributed by atoms with E-state index in [1.807, 2.05) is 85.8 Å². The lowest BCUT2D eigenvalue weighted by Gasteiger charge is -2.18. The fourth-order valence-corrected chi connectivity index (χ4v) is 4.67. The number of benzene rings is 3. The highest BCUT2D eigenvalue weighted by Crippen LogP contribution is 2.16. The molecule has 0 saturated heterocycles. The number of aryl methyl sites for hydroxylation is 2. The van der Waals surface area contributed by atoms with Crippen LogP contribution < -0.4 is 20.1 Å². The summed E-state index contributed by atoms with van der Waals surface area (Å²) in [6, 6.07) is 27.8. The second-order valence-corrected chi connectivity index (χ2v) is 11.0. The Morgan fingerprint density at radius 1 is 0.783 bits per heavy atom. The second-order valence-electron chi connectivity index (χ2n) is 11.0. The molecule has 5 N–H and O–H groups in total. The molecule has 4 aromatic rings. The molecule has 4 rings (SSSR count). The number of unbranched alkanes of at least 4 members (excludes halogenated alkanes) is 1. The van der Waals surface area contributed by atoms with Gasteiger partial charge in [-0.15, -0.1) is 0 Å². The first kappa shape index (κ1) is 34.0. The summed E-state index contributed by atoms with van der Waals surface area (Å²) in [5, 5.41) is 24.3. The lowest BCUT2D eigenvalue weighted by Crippen LogP contribution is -2.50. The average molecular weight is 626 g/mol. The zero-order valence-electron chi connectivity index (χ0n) is 25.9. The number of ether oxygens (including phenoxy) is 2. The largest absolute Gasteiger partial charge is 0.494 e. The van der Waals surface area contributed by atoms with Gasteiger partial charge >= 0.3 is 7.12 Å². The third kappa shape index (κ3) is 11.2. The van der Waals surface area contributed by atoms with Crippen molar-refractivity contribution in [3.63, 3.8) is 0 Å². The number of aromatic nitrogens is 1. The van der Waals surface area contributed by atoms with Crippen LogP contribution in [-0.4, -0.2) is 65.4 Å². The molecule has 240 valence electrons. The van der Waals surface area contributed by atoms with Crippen molar-refractivity contribution in [2.75, 3.05) is 19.8 Å². The maximum absolute atomic E-state index is 12.7. The van der Waals surface area contributed by atoms with Crippen LogP contribution in [0.3, 0.4) is 0 Å².